The van der Waals surface area contributed by atoms with Gasteiger partial charge in [-0.25, -0.2) is 14.5 Å². The lowest BCUT2D eigenvalue weighted by molar-refractivity contribution is 0.0697. The van der Waals surface area contributed by atoms with E-state index in [9.17, 15) is 9.90 Å². The predicted octanol–water partition coefficient (Wildman–Crippen LogP) is 5.16. The van der Waals surface area contributed by atoms with Crippen LogP contribution in [0.1, 0.15) is 73.0 Å². The lowest BCUT2D eigenvalue weighted by Crippen LogP contribution is -2.10. The molecule has 2 heterocycles. The van der Waals surface area contributed by atoms with Crippen molar-refractivity contribution >= 4 is 5.97 Å². The molecule has 31 heavy (non-hydrogen) atoms. The van der Waals surface area contributed by atoms with Crippen molar-refractivity contribution in [2.45, 2.75) is 64.8 Å². The molecule has 1 saturated carbocycles. The highest BCUT2D eigenvalue weighted by Crippen LogP contribution is 2.27. The molecule has 1 aliphatic rings. The summed E-state index contributed by atoms with van der Waals surface area (Å²) in [6, 6.07) is 9.79. The summed E-state index contributed by atoms with van der Waals surface area (Å²) in [5.74, 6) is 1.75. The summed E-state index contributed by atoms with van der Waals surface area (Å²) in [5.41, 5.74) is 2.91. The van der Waals surface area contributed by atoms with E-state index in [2.05, 4.69) is 16.6 Å². The lowest BCUT2D eigenvalue weighted by atomic mass is 9.87. The van der Waals surface area contributed by atoms with Crippen molar-refractivity contribution in [2.75, 3.05) is 0 Å². The number of aromatic carboxylic acids is 1. The average Bonchev–Trinajstić information content (AvgIpc) is 3.16. The molecule has 6 nitrogen and oxygen atoms in total. The molecule has 0 aliphatic heterocycles. The molecule has 1 aromatic carbocycles. The fourth-order valence-corrected chi connectivity index (χ4v) is 4.49. The van der Waals surface area contributed by atoms with Crippen molar-refractivity contribution in [3.05, 3.63) is 65.5 Å². The summed E-state index contributed by atoms with van der Waals surface area (Å²) < 4.78 is 2.07. The third-order valence-corrected chi connectivity index (χ3v) is 6.10. The van der Waals surface area contributed by atoms with Crippen LogP contribution in [0.3, 0.4) is 0 Å². The Morgan fingerprint density at radius 3 is 2.61 bits per heavy atom. The van der Waals surface area contributed by atoms with Gasteiger partial charge < -0.3 is 5.11 Å². The van der Waals surface area contributed by atoms with E-state index in [4.69, 9.17) is 10.1 Å². The van der Waals surface area contributed by atoms with Crippen LogP contribution in [0.5, 0.6) is 0 Å². The number of rotatable bonds is 8. The number of carboxylic acids is 1. The van der Waals surface area contributed by atoms with E-state index in [0.29, 0.717) is 5.56 Å². The molecule has 0 atom stereocenters. The molecule has 1 N–H and O–H groups in total. The summed E-state index contributed by atoms with van der Waals surface area (Å²) in [6.07, 6.45) is 12.4. The zero-order valence-corrected chi connectivity index (χ0v) is 18.1. The van der Waals surface area contributed by atoms with Crippen LogP contribution in [0.4, 0.5) is 0 Å². The predicted molar refractivity (Wildman–Crippen MR) is 120 cm³/mol. The second kappa shape index (κ2) is 9.86. The number of pyridine rings is 1. The van der Waals surface area contributed by atoms with Crippen LogP contribution in [0.25, 0.3) is 11.1 Å². The fourth-order valence-electron chi connectivity index (χ4n) is 4.49. The van der Waals surface area contributed by atoms with Gasteiger partial charge in [0.05, 0.1) is 5.56 Å². The van der Waals surface area contributed by atoms with Gasteiger partial charge in [-0.3, -0.25) is 4.98 Å². The van der Waals surface area contributed by atoms with Crippen LogP contribution in [-0.4, -0.2) is 30.8 Å². The Hall–Kier alpha value is -3.02. The molecular formula is C25H30N4O2. The maximum atomic E-state index is 11.5. The zero-order chi connectivity index (χ0) is 21.6. The molecule has 1 aliphatic carbocycles. The Labute approximate surface area is 183 Å². The van der Waals surface area contributed by atoms with Gasteiger partial charge >= 0.3 is 5.97 Å². The zero-order valence-electron chi connectivity index (χ0n) is 18.1. The minimum Gasteiger partial charge on any atom is -0.478 e. The largest absolute Gasteiger partial charge is 0.478 e. The van der Waals surface area contributed by atoms with Crippen molar-refractivity contribution in [1.29, 1.82) is 0 Å². The molecule has 4 rings (SSSR count). The lowest BCUT2D eigenvalue weighted by Gasteiger charge is -2.19. The Morgan fingerprint density at radius 2 is 1.90 bits per heavy atom. The van der Waals surface area contributed by atoms with Gasteiger partial charge in [0.1, 0.15) is 5.82 Å². The molecule has 0 bridgehead atoms. The minimum atomic E-state index is -0.967. The van der Waals surface area contributed by atoms with Gasteiger partial charge in [0.15, 0.2) is 5.82 Å². The minimum absolute atomic E-state index is 0.213. The summed E-state index contributed by atoms with van der Waals surface area (Å²) in [4.78, 5) is 20.3. The molecule has 0 amide bonds. The van der Waals surface area contributed by atoms with Crippen molar-refractivity contribution in [2.24, 2.45) is 5.92 Å². The summed E-state index contributed by atoms with van der Waals surface area (Å²) in [7, 11) is 0. The van der Waals surface area contributed by atoms with E-state index in [1.165, 1.54) is 38.3 Å². The monoisotopic (exact) mass is 418 g/mol. The molecule has 162 valence electrons. The highest BCUT2D eigenvalue weighted by atomic mass is 16.4. The number of hydrogen-bond acceptors (Lipinski definition) is 4. The van der Waals surface area contributed by atoms with Crippen LogP contribution in [0.2, 0.25) is 0 Å². The molecule has 0 saturated heterocycles. The van der Waals surface area contributed by atoms with Crippen LogP contribution in [0, 0.1) is 5.92 Å². The summed E-state index contributed by atoms with van der Waals surface area (Å²) in [6.45, 7) is 3.04. The first-order chi connectivity index (χ1) is 15.1. The smallest absolute Gasteiger partial charge is 0.337 e. The van der Waals surface area contributed by atoms with E-state index in [-0.39, 0.29) is 5.56 Å². The summed E-state index contributed by atoms with van der Waals surface area (Å²) in [5, 5.41) is 14.2. The van der Waals surface area contributed by atoms with Gasteiger partial charge in [-0.05, 0) is 35.1 Å². The van der Waals surface area contributed by atoms with Crippen molar-refractivity contribution in [3.8, 4) is 11.1 Å². The van der Waals surface area contributed by atoms with Gasteiger partial charge in [0.2, 0.25) is 0 Å². The second-order valence-electron chi connectivity index (χ2n) is 8.48. The van der Waals surface area contributed by atoms with Gasteiger partial charge in [-0.2, -0.15) is 5.10 Å². The normalized spacial score (nSPS) is 14.6. The first kappa shape index (κ1) is 21.2. The first-order valence-corrected chi connectivity index (χ1v) is 11.3. The fraction of sp³-hybridized carbons (Fsp3) is 0.440. The van der Waals surface area contributed by atoms with Crippen molar-refractivity contribution in [1.82, 2.24) is 19.7 Å². The molecule has 0 unspecified atom stereocenters. The Bertz CT molecular complexity index is 1020. The van der Waals surface area contributed by atoms with Gasteiger partial charge in [0.25, 0.3) is 0 Å². The molecular weight excluding hydrogens is 388 g/mol. The molecule has 0 radical (unpaired) electrons. The second-order valence-corrected chi connectivity index (χ2v) is 8.48. The molecule has 3 aromatic rings. The molecule has 6 heteroatoms. The van der Waals surface area contributed by atoms with E-state index < -0.39 is 5.97 Å². The van der Waals surface area contributed by atoms with E-state index in [0.717, 1.165) is 54.5 Å². The van der Waals surface area contributed by atoms with Crippen LogP contribution >= 0.6 is 0 Å². The first-order valence-electron chi connectivity index (χ1n) is 11.3. The highest BCUT2D eigenvalue weighted by Gasteiger charge is 2.18. The molecule has 1 fully saturated rings. The quantitative estimate of drug-likeness (QED) is 0.546. The maximum Gasteiger partial charge on any atom is 0.337 e. The number of carbonyl (C=O) groups is 1. The SMILES string of the molecule is CCCn1nc(CC2CCCCC2)nc1Cc1ccc(-c2ccncc2C(=O)O)cc1. The van der Waals surface area contributed by atoms with Crippen LogP contribution < -0.4 is 0 Å². The Balaban J connectivity index is 1.51. The van der Waals surface area contributed by atoms with Gasteiger partial charge in [-0.1, -0.05) is 63.3 Å². The van der Waals surface area contributed by atoms with Gasteiger partial charge in [0, 0.05) is 31.8 Å². The number of benzene rings is 1. The Kier molecular flexibility index (Phi) is 6.75. The van der Waals surface area contributed by atoms with E-state index >= 15 is 0 Å². The van der Waals surface area contributed by atoms with Crippen LogP contribution in [0.15, 0.2) is 42.7 Å². The average molecular weight is 419 g/mol. The van der Waals surface area contributed by atoms with Crippen LogP contribution in [-0.2, 0) is 19.4 Å². The Morgan fingerprint density at radius 1 is 1.13 bits per heavy atom. The number of nitrogens with zero attached hydrogens (tertiary/aromatic N) is 4. The third-order valence-electron chi connectivity index (χ3n) is 6.10. The highest BCUT2D eigenvalue weighted by molar-refractivity contribution is 5.95. The molecule has 0 spiro atoms. The topological polar surface area (TPSA) is 80.9 Å². The summed E-state index contributed by atoms with van der Waals surface area (Å²) >= 11 is 0. The van der Waals surface area contributed by atoms with Crippen molar-refractivity contribution < 1.29 is 9.90 Å². The number of hydrogen-bond donors (Lipinski definition) is 1. The maximum absolute atomic E-state index is 11.5. The number of aryl methyl sites for hydroxylation is 1. The van der Waals surface area contributed by atoms with Gasteiger partial charge in [-0.15, -0.1) is 0 Å². The number of aromatic nitrogens is 4. The standard InChI is InChI=1S/C25H30N4O2/c1-2-14-29-24(27-23(28-29)15-18-6-4-3-5-7-18)16-19-8-10-20(11-9-19)21-12-13-26-17-22(21)25(30)31/h8-13,17-18H,2-7,14-16H2,1H3,(H,30,31). The number of carboxylic acid groups (broad SMARTS) is 1. The van der Waals surface area contributed by atoms with E-state index in [1.807, 2.05) is 24.3 Å². The van der Waals surface area contributed by atoms with E-state index in [1.54, 1.807) is 12.3 Å². The molecule has 2 aromatic heterocycles. The van der Waals surface area contributed by atoms with Crippen molar-refractivity contribution in [3.63, 3.8) is 0 Å². The third kappa shape index (κ3) is 5.19.